The number of piperidine rings is 1. The molecule has 1 aliphatic carbocycles. The van der Waals surface area contributed by atoms with Gasteiger partial charge in [0.25, 0.3) is 0 Å². The van der Waals surface area contributed by atoms with Crippen LogP contribution >= 0.6 is 0 Å². The molecule has 4 heterocycles. The number of fused-ring (bicyclic) bond motifs is 1. The average molecular weight is 421 g/mol. The number of aromatic nitrogens is 3. The first-order valence-corrected chi connectivity index (χ1v) is 11.9. The summed E-state index contributed by atoms with van der Waals surface area (Å²) < 4.78 is 0. The molecule has 3 aliphatic rings. The number of carbonyl (C=O) groups is 1. The third kappa shape index (κ3) is 4.50. The first-order chi connectivity index (χ1) is 15.3. The number of hydrogen-bond acceptors (Lipinski definition) is 5. The lowest BCUT2D eigenvalue weighted by molar-refractivity contribution is 0.184. The van der Waals surface area contributed by atoms with Crippen molar-refractivity contribution in [2.75, 3.05) is 24.5 Å². The Balaban J connectivity index is 1.42. The summed E-state index contributed by atoms with van der Waals surface area (Å²) >= 11 is 0. The van der Waals surface area contributed by atoms with Gasteiger partial charge in [0, 0.05) is 55.6 Å². The minimum absolute atomic E-state index is 0.0680. The maximum Gasteiger partial charge on any atom is 0.317 e. The van der Waals surface area contributed by atoms with Gasteiger partial charge in [-0.2, -0.15) is 0 Å². The Morgan fingerprint density at radius 1 is 1.00 bits per heavy atom. The summed E-state index contributed by atoms with van der Waals surface area (Å²) in [5.41, 5.74) is 3.15. The molecule has 1 saturated heterocycles. The molecule has 2 fully saturated rings. The molecule has 2 aliphatic heterocycles. The molecule has 2 aromatic rings. The molecule has 7 heteroatoms. The van der Waals surface area contributed by atoms with Gasteiger partial charge in [0.05, 0.1) is 12.2 Å². The molecular weight excluding hydrogens is 388 g/mol. The van der Waals surface area contributed by atoms with Crippen LogP contribution in [0.2, 0.25) is 0 Å². The summed E-state index contributed by atoms with van der Waals surface area (Å²) in [6, 6.07) is 4.34. The van der Waals surface area contributed by atoms with Gasteiger partial charge >= 0.3 is 6.03 Å². The molecular formula is C24H32N6O. The molecule has 0 unspecified atom stereocenters. The third-order valence-electron chi connectivity index (χ3n) is 6.83. The fraction of sp³-hybridized carbons (Fsp3) is 0.583. The highest BCUT2D eigenvalue weighted by Gasteiger charge is 2.29. The molecule has 1 saturated carbocycles. The monoisotopic (exact) mass is 420 g/mol. The van der Waals surface area contributed by atoms with Gasteiger partial charge in [0.1, 0.15) is 5.82 Å². The van der Waals surface area contributed by atoms with E-state index in [-0.39, 0.29) is 6.03 Å². The smallest absolute Gasteiger partial charge is 0.317 e. The van der Waals surface area contributed by atoms with Crippen LogP contribution in [0.4, 0.5) is 10.6 Å². The maximum absolute atomic E-state index is 13.0. The second kappa shape index (κ2) is 9.20. The first kappa shape index (κ1) is 20.2. The molecule has 7 nitrogen and oxygen atoms in total. The van der Waals surface area contributed by atoms with Crippen molar-refractivity contribution in [1.82, 2.24) is 25.2 Å². The molecule has 164 valence electrons. The van der Waals surface area contributed by atoms with E-state index in [1.165, 1.54) is 38.5 Å². The van der Waals surface area contributed by atoms with Crippen molar-refractivity contribution in [2.24, 2.45) is 0 Å². The van der Waals surface area contributed by atoms with Crippen molar-refractivity contribution in [1.29, 1.82) is 0 Å². The topological polar surface area (TPSA) is 74.2 Å². The van der Waals surface area contributed by atoms with Crippen LogP contribution in [0.5, 0.6) is 0 Å². The van der Waals surface area contributed by atoms with Gasteiger partial charge in [-0.1, -0.05) is 19.3 Å². The number of hydrogen-bond donors (Lipinski definition) is 1. The number of nitrogens with one attached hydrogen (secondary N) is 1. The van der Waals surface area contributed by atoms with Gasteiger partial charge in [-0.05, 0) is 44.2 Å². The van der Waals surface area contributed by atoms with Crippen molar-refractivity contribution in [3.8, 4) is 11.4 Å². The zero-order valence-corrected chi connectivity index (χ0v) is 18.2. The summed E-state index contributed by atoms with van der Waals surface area (Å²) in [6.07, 6.45) is 14.0. The van der Waals surface area contributed by atoms with Gasteiger partial charge in [0.15, 0.2) is 5.82 Å². The Labute approximate surface area is 184 Å². The summed E-state index contributed by atoms with van der Waals surface area (Å²) in [5, 5.41) is 3.28. The number of carbonyl (C=O) groups excluding carboxylic acids is 1. The van der Waals surface area contributed by atoms with Crippen molar-refractivity contribution in [3.63, 3.8) is 0 Å². The van der Waals surface area contributed by atoms with Crippen LogP contribution in [-0.2, 0) is 13.0 Å². The minimum atomic E-state index is 0.0680. The van der Waals surface area contributed by atoms with Crippen molar-refractivity contribution < 1.29 is 4.79 Å². The Bertz CT molecular complexity index is 906. The van der Waals surface area contributed by atoms with Crippen molar-refractivity contribution in [2.45, 2.75) is 70.4 Å². The van der Waals surface area contributed by atoms with E-state index in [0.717, 1.165) is 60.8 Å². The Hall–Kier alpha value is -2.70. The lowest BCUT2D eigenvalue weighted by atomic mass is 9.95. The van der Waals surface area contributed by atoms with Crippen molar-refractivity contribution >= 4 is 11.8 Å². The summed E-state index contributed by atoms with van der Waals surface area (Å²) in [4.78, 5) is 31.5. The Kier molecular flexibility index (Phi) is 6.00. The fourth-order valence-electron chi connectivity index (χ4n) is 5.07. The SMILES string of the molecule is O=C(NC1CCCCC1)N1CCc2nc(-c3cccnc3)nc(N3CCCCC3)c2C1. The van der Waals surface area contributed by atoms with E-state index in [1.54, 1.807) is 6.20 Å². The van der Waals surface area contributed by atoms with Gasteiger partial charge in [-0.3, -0.25) is 4.98 Å². The standard InChI is InChI=1S/C24H32N6O/c31-24(26-19-9-3-1-4-10-19)30-15-11-21-20(17-30)23(29-13-5-2-6-14-29)28-22(27-21)18-8-7-12-25-16-18/h7-8,12,16,19H,1-6,9-11,13-15,17H2,(H,26,31). The van der Waals surface area contributed by atoms with Crippen LogP contribution in [0.1, 0.15) is 62.6 Å². The predicted octanol–water partition coefficient (Wildman–Crippen LogP) is 3.93. The third-order valence-corrected chi connectivity index (χ3v) is 6.83. The van der Waals surface area contributed by atoms with Crippen LogP contribution in [-0.4, -0.2) is 51.6 Å². The van der Waals surface area contributed by atoms with E-state index in [9.17, 15) is 4.79 Å². The molecule has 0 bridgehead atoms. The lowest BCUT2D eigenvalue weighted by Gasteiger charge is -2.35. The average Bonchev–Trinajstić information content (AvgIpc) is 2.84. The molecule has 2 amide bonds. The second-order valence-electron chi connectivity index (χ2n) is 9.04. The van der Waals surface area contributed by atoms with Crippen LogP contribution in [0.25, 0.3) is 11.4 Å². The fourth-order valence-corrected chi connectivity index (χ4v) is 5.07. The number of nitrogens with zero attached hydrogens (tertiary/aromatic N) is 5. The van der Waals surface area contributed by atoms with Crippen LogP contribution in [0, 0.1) is 0 Å². The number of amides is 2. The van der Waals surface area contributed by atoms with E-state index in [4.69, 9.17) is 9.97 Å². The van der Waals surface area contributed by atoms with Gasteiger partial charge in [0.2, 0.25) is 0 Å². The summed E-state index contributed by atoms with van der Waals surface area (Å²) in [5.74, 6) is 1.76. The maximum atomic E-state index is 13.0. The van der Waals surface area contributed by atoms with Gasteiger partial charge < -0.3 is 15.1 Å². The first-order valence-electron chi connectivity index (χ1n) is 11.9. The molecule has 0 radical (unpaired) electrons. The van der Waals surface area contributed by atoms with E-state index >= 15 is 0 Å². The number of rotatable bonds is 3. The van der Waals surface area contributed by atoms with Gasteiger partial charge in [-0.15, -0.1) is 0 Å². The molecule has 0 atom stereocenters. The number of pyridine rings is 1. The minimum Gasteiger partial charge on any atom is -0.356 e. The summed E-state index contributed by atoms with van der Waals surface area (Å²) in [6.45, 7) is 3.33. The van der Waals surface area contributed by atoms with Crippen molar-refractivity contribution in [3.05, 3.63) is 35.8 Å². The quantitative estimate of drug-likeness (QED) is 0.814. The number of urea groups is 1. The van der Waals surface area contributed by atoms with E-state index in [2.05, 4.69) is 15.2 Å². The highest BCUT2D eigenvalue weighted by molar-refractivity contribution is 5.75. The van der Waals surface area contributed by atoms with E-state index < -0.39 is 0 Å². The Morgan fingerprint density at radius 3 is 2.58 bits per heavy atom. The predicted molar refractivity (Wildman–Crippen MR) is 121 cm³/mol. The molecule has 0 spiro atoms. The van der Waals surface area contributed by atoms with Crippen LogP contribution in [0.15, 0.2) is 24.5 Å². The van der Waals surface area contributed by atoms with Crippen LogP contribution < -0.4 is 10.2 Å². The molecule has 31 heavy (non-hydrogen) atoms. The molecule has 0 aromatic carbocycles. The largest absolute Gasteiger partial charge is 0.356 e. The van der Waals surface area contributed by atoms with E-state index in [0.29, 0.717) is 19.1 Å². The lowest BCUT2D eigenvalue weighted by Crippen LogP contribution is -2.47. The molecule has 5 rings (SSSR count). The van der Waals surface area contributed by atoms with E-state index in [1.807, 2.05) is 23.2 Å². The zero-order chi connectivity index (χ0) is 21.0. The molecule has 1 N–H and O–H groups in total. The highest BCUT2D eigenvalue weighted by Crippen LogP contribution is 2.31. The zero-order valence-electron chi connectivity index (χ0n) is 18.2. The Morgan fingerprint density at radius 2 is 1.81 bits per heavy atom. The van der Waals surface area contributed by atoms with Crippen LogP contribution in [0.3, 0.4) is 0 Å². The number of anilines is 1. The highest BCUT2D eigenvalue weighted by atomic mass is 16.2. The van der Waals surface area contributed by atoms with Gasteiger partial charge in [-0.25, -0.2) is 14.8 Å². The molecule has 2 aromatic heterocycles. The second-order valence-corrected chi connectivity index (χ2v) is 9.04. The normalized spacial score (nSPS) is 19.7. The summed E-state index contributed by atoms with van der Waals surface area (Å²) in [7, 11) is 0.